The third kappa shape index (κ3) is 9.20. The maximum atomic E-state index is 12.7. The normalized spacial score (nSPS) is 43.9. The minimum atomic E-state index is -1.39. The highest BCUT2D eigenvalue weighted by molar-refractivity contribution is 5.85. The van der Waals surface area contributed by atoms with E-state index in [0.717, 1.165) is 44.1 Å². The number of aliphatic hydroxyl groups is 1. The number of hydrogen-bond acceptors (Lipinski definition) is 18. The Kier molecular flexibility index (Phi) is 14.3. The Morgan fingerprint density at radius 1 is 0.703 bits per heavy atom. The first kappa shape index (κ1) is 48.3. The summed E-state index contributed by atoms with van der Waals surface area (Å²) in [6.45, 7) is 12.1. The first-order valence-corrected chi connectivity index (χ1v) is 22.8. The van der Waals surface area contributed by atoms with Gasteiger partial charge in [-0.15, -0.1) is 0 Å². The fourth-order valence-corrected chi connectivity index (χ4v) is 13.0. The molecule has 4 saturated carbocycles. The summed E-state index contributed by atoms with van der Waals surface area (Å²) in [4.78, 5) is 74.3. The van der Waals surface area contributed by atoms with E-state index in [2.05, 4.69) is 13.8 Å². The maximum absolute atomic E-state index is 12.7. The minimum absolute atomic E-state index is 0.0897. The standard InChI is InChI=1S/C46H66O18/c1-22-36(58-23(2)47)38(54-9)40(61-26(5)50)42(57-22)56-21-34-37(59-24(3)48)39(60-25(4)49)41(62-27(6)51)43(64-34)63-30-12-15-44(7)29(19-30)10-11-33-32(44)13-16-45(8)31(14-17-46(33,45)53)28-18-35(52)55-20-28/h18,22,29-34,36-43,53H,10-17,19-21H2,1-9H3. The molecule has 0 bridgehead atoms. The van der Waals surface area contributed by atoms with Crippen LogP contribution in [0.5, 0.6) is 0 Å². The number of esters is 6. The molecule has 0 amide bonds. The van der Waals surface area contributed by atoms with E-state index in [1.165, 1.54) is 41.7 Å². The molecule has 18 nitrogen and oxygen atoms in total. The zero-order chi connectivity index (χ0) is 46.5. The second-order valence-electron chi connectivity index (χ2n) is 19.5. The number of carbonyl (C=O) groups is 6. The molecule has 64 heavy (non-hydrogen) atoms. The molecule has 7 aliphatic rings. The highest BCUT2D eigenvalue weighted by Crippen LogP contribution is 2.70. The van der Waals surface area contributed by atoms with Crippen LogP contribution >= 0.6 is 0 Å². The van der Waals surface area contributed by atoms with Crippen LogP contribution in [0.4, 0.5) is 0 Å². The van der Waals surface area contributed by atoms with E-state index < -0.39 is 103 Å². The fourth-order valence-electron chi connectivity index (χ4n) is 13.0. The smallest absolute Gasteiger partial charge is 0.331 e. The van der Waals surface area contributed by atoms with Crippen molar-refractivity contribution in [2.75, 3.05) is 20.3 Å². The van der Waals surface area contributed by atoms with Crippen LogP contribution < -0.4 is 0 Å². The number of fused-ring (bicyclic) bond motifs is 5. The summed E-state index contributed by atoms with van der Waals surface area (Å²) in [6.07, 6.45) is -3.57. The SMILES string of the molecule is COC1C(OC(C)=O)C(C)OC(OCC2OC(OC3CCC4(C)C(CCC5C4CCC4(C)C(C6=CC(=O)OC6)CCC54O)C3)C(OC(C)=O)C(OC(C)=O)C2OC(C)=O)C1OC(C)=O. The van der Waals surface area contributed by atoms with Gasteiger partial charge in [0, 0.05) is 53.2 Å². The minimum Gasteiger partial charge on any atom is -0.458 e. The summed E-state index contributed by atoms with van der Waals surface area (Å²) in [5.74, 6) is -3.08. The molecular weight excluding hydrogens is 840 g/mol. The molecule has 2 saturated heterocycles. The van der Waals surface area contributed by atoms with Crippen molar-refractivity contribution in [2.24, 2.45) is 34.5 Å². The number of methoxy groups -OCH3 is 1. The van der Waals surface area contributed by atoms with Gasteiger partial charge in [-0.3, -0.25) is 24.0 Å². The van der Waals surface area contributed by atoms with Crippen LogP contribution in [0.2, 0.25) is 0 Å². The Morgan fingerprint density at radius 3 is 1.92 bits per heavy atom. The number of hydrogen-bond donors (Lipinski definition) is 1. The van der Waals surface area contributed by atoms with Gasteiger partial charge >= 0.3 is 35.8 Å². The van der Waals surface area contributed by atoms with Gasteiger partial charge in [0.15, 0.2) is 43.1 Å². The quantitative estimate of drug-likeness (QED) is 0.167. The molecule has 18 unspecified atom stereocenters. The second-order valence-corrected chi connectivity index (χ2v) is 19.5. The lowest BCUT2D eigenvalue weighted by atomic mass is 9.43. The summed E-state index contributed by atoms with van der Waals surface area (Å²) < 4.78 is 64.9. The molecule has 0 aromatic rings. The van der Waals surface area contributed by atoms with Crippen molar-refractivity contribution in [3.05, 3.63) is 11.6 Å². The summed E-state index contributed by atoms with van der Waals surface area (Å²) in [5, 5.41) is 12.7. The average Bonchev–Trinajstić information content (AvgIpc) is 3.76. The van der Waals surface area contributed by atoms with Gasteiger partial charge in [-0.2, -0.15) is 0 Å². The summed E-state index contributed by atoms with van der Waals surface area (Å²) >= 11 is 0. The predicted molar refractivity (Wildman–Crippen MR) is 218 cm³/mol. The molecule has 0 aromatic heterocycles. The Hall–Kier alpha value is -3.68. The van der Waals surface area contributed by atoms with E-state index >= 15 is 0 Å². The second kappa shape index (κ2) is 18.9. The van der Waals surface area contributed by atoms with Crippen molar-refractivity contribution in [3.63, 3.8) is 0 Å². The predicted octanol–water partition coefficient (Wildman–Crippen LogP) is 3.79. The molecule has 4 aliphatic carbocycles. The third-order valence-corrected chi connectivity index (χ3v) is 15.8. The first-order chi connectivity index (χ1) is 30.2. The van der Waals surface area contributed by atoms with Crippen molar-refractivity contribution in [1.29, 1.82) is 0 Å². The zero-order valence-corrected chi connectivity index (χ0v) is 38.4. The fraction of sp³-hybridized carbons (Fsp3) is 0.826. The summed E-state index contributed by atoms with van der Waals surface area (Å²) in [6, 6.07) is 0. The van der Waals surface area contributed by atoms with E-state index in [0.29, 0.717) is 25.9 Å². The molecule has 6 fully saturated rings. The Morgan fingerprint density at radius 2 is 1.31 bits per heavy atom. The van der Waals surface area contributed by atoms with Gasteiger partial charge in [-0.05, 0) is 99.4 Å². The molecule has 3 aliphatic heterocycles. The van der Waals surface area contributed by atoms with E-state index in [1.54, 1.807) is 13.0 Å². The molecule has 1 N–H and O–H groups in total. The Labute approximate surface area is 373 Å². The molecule has 7 rings (SSSR count). The van der Waals surface area contributed by atoms with E-state index in [1.807, 2.05) is 0 Å². The van der Waals surface area contributed by atoms with Gasteiger partial charge in [0.1, 0.15) is 18.8 Å². The lowest BCUT2D eigenvalue weighted by Gasteiger charge is -2.64. The average molecular weight is 907 g/mol. The van der Waals surface area contributed by atoms with E-state index in [9.17, 15) is 33.9 Å². The lowest BCUT2D eigenvalue weighted by Crippen LogP contribution is -2.65. The van der Waals surface area contributed by atoms with Crippen LogP contribution in [-0.4, -0.2) is 134 Å². The molecule has 18 heteroatoms. The first-order valence-electron chi connectivity index (χ1n) is 22.8. The molecule has 358 valence electrons. The van der Waals surface area contributed by atoms with Gasteiger partial charge < -0.3 is 57.2 Å². The van der Waals surface area contributed by atoms with Gasteiger partial charge in [0.05, 0.1) is 24.4 Å². The van der Waals surface area contributed by atoms with Gasteiger partial charge in [0.25, 0.3) is 0 Å². The number of carbonyl (C=O) groups excluding carboxylic acids is 6. The summed E-state index contributed by atoms with van der Waals surface area (Å²) in [5.41, 5.74) is -0.313. The maximum Gasteiger partial charge on any atom is 0.331 e. The van der Waals surface area contributed by atoms with Crippen molar-refractivity contribution in [1.82, 2.24) is 0 Å². The van der Waals surface area contributed by atoms with Crippen LogP contribution in [0.15, 0.2) is 11.6 Å². The Bertz CT molecular complexity index is 1830. The molecular formula is C46H66O18. The van der Waals surface area contributed by atoms with Crippen molar-refractivity contribution in [3.8, 4) is 0 Å². The largest absolute Gasteiger partial charge is 0.458 e. The molecule has 0 aromatic carbocycles. The van der Waals surface area contributed by atoms with Crippen molar-refractivity contribution < 1.29 is 86.0 Å². The highest BCUT2D eigenvalue weighted by Gasteiger charge is 2.68. The number of rotatable bonds is 12. The molecule has 0 spiro atoms. The van der Waals surface area contributed by atoms with Crippen LogP contribution in [0.3, 0.4) is 0 Å². The van der Waals surface area contributed by atoms with Crippen LogP contribution in [-0.2, 0) is 80.9 Å². The number of cyclic esters (lactones) is 1. The zero-order valence-electron chi connectivity index (χ0n) is 38.4. The molecule has 18 atom stereocenters. The summed E-state index contributed by atoms with van der Waals surface area (Å²) in [7, 11) is 1.36. The molecule has 0 radical (unpaired) electrons. The van der Waals surface area contributed by atoms with Crippen LogP contribution in [0, 0.1) is 34.5 Å². The topological polar surface area (TPSA) is 224 Å². The van der Waals surface area contributed by atoms with Gasteiger partial charge in [-0.1, -0.05) is 13.8 Å². The third-order valence-electron chi connectivity index (χ3n) is 15.8. The van der Waals surface area contributed by atoms with Crippen molar-refractivity contribution in [2.45, 2.75) is 186 Å². The van der Waals surface area contributed by atoms with Gasteiger partial charge in [0.2, 0.25) is 0 Å². The lowest BCUT2D eigenvalue weighted by molar-refractivity contribution is -0.339. The number of ether oxygens (including phenoxy) is 11. The van der Waals surface area contributed by atoms with Gasteiger partial charge in [-0.25, -0.2) is 4.79 Å². The highest BCUT2D eigenvalue weighted by atomic mass is 16.8. The van der Waals surface area contributed by atoms with E-state index in [-0.39, 0.29) is 46.6 Å². The van der Waals surface area contributed by atoms with Crippen molar-refractivity contribution >= 4 is 35.8 Å². The van der Waals surface area contributed by atoms with E-state index in [4.69, 9.17) is 52.1 Å². The molecule has 3 heterocycles. The monoisotopic (exact) mass is 906 g/mol. The van der Waals surface area contributed by atoms with Crippen LogP contribution in [0.1, 0.15) is 113 Å². The van der Waals surface area contributed by atoms with Crippen LogP contribution in [0.25, 0.3) is 0 Å². The Balaban J connectivity index is 1.10.